The van der Waals surface area contributed by atoms with Crippen molar-refractivity contribution in [3.8, 4) is 11.1 Å². The first-order valence-electron chi connectivity index (χ1n) is 9.59. The molecule has 7 heteroatoms. The molecule has 0 unspecified atom stereocenters. The minimum Gasteiger partial charge on any atom is -0.465 e. The number of esters is 2. The molecule has 4 aromatic rings. The van der Waals surface area contributed by atoms with Crippen molar-refractivity contribution in [3.05, 3.63) is 89.6 Å². The first-order chi connectivity index (χ1) is 15.1. The third kappa shape index (κ3) is 4.11. The van der Waals surface area contributed by atoms with Gasteiger partial charge in [0.2, 0.25) is 0 Å². The van der Waals surface area contributed by atoms with Gasteiger partial charge in [-0.25, -0.2) is 19.6 Å². The van der Waals surface area contributed by atoms with Gasteiger partial charge < -0.3 is 9.47 Å². The fourth-order valence-corrected chi connectivity index (χ4v) is 3.30. The Morgan fingerprint density at radius 1 is 0.903 bits per heavy atom. The maximum absolute atomic E-state index is 12.8. The predicted molar refractivity (Wildman–Crippen MR) is 114 cm³/mol. The van der Waals surface area contributed by atoms with Crippen LogP contribution >= 0.6 is 0 Å². The highest BCUT2D eigenvalue weighted by atomic mass is 16.5. The quantitative estimate of drug-likeness (QED) is 0.454. The van der Waals surface area contributed by atoms with E-state index in [4.69, 9.17) is 9.47 Å². The molecular formula is C24H19N3O4. The number of carbonyl (C=O) groups excluding carboxylic acids is 2. The number of pyridine rings is 1. The molecule has 0 bridgehead atoms. The van der Waals surface area contributed by atoms with E-state index in [9.17, 15) is 9.59 Å². The number of hydrogen-bond acceptors (Lipinski definition) is 7. The molecule has 0 radical (unpaired) electrons. The van der Waals surface area contributed by atoms with E-state index < -0.39 is 11.9 Å². The van der Waals surface area contributed by atoms with E-state index in [1.54, 1.807) is 6.92 Å². The van der Waals surface area contributed by atoms with Crippen molar-refractivity contribution in [1.29, 1.82) is 0 Å². The summed E-state index contributed by atoms with van der Waals surface area (Å²) in [5.41, 5.74) is 3.52. The number of para-hydroxylation sites is 1. The summed E-state index contributed by atoms with van der Waals surface area (Å²) in [5.74, 6) is -1.21. The van der Waals surface area contributed by atoms with Crippen LogP contribution in [0.15, 0.2) is 67.0 Å². The van der Waals surface area contributed by atoms with Gasteiger partial charge in [-0.05, 0) is 18.6 Å². The van der Waals surface area contributed by atoms with Crippen molar-refractivity contribution in [2.24, 2.45) is 0 Å². The van der Waals surface area contributed by atoms with Gasteiger partial charge in [0.15, 0.2) is 5.69 Å². The zero-order valence-corrected chi connectivity index (χ0v) is 17.0. The summed E-state index contributed by atoms with van der Waals surface area (Å²) in [6.07, 6.45) is 2.83. The van der Waals surface area contributed by atoms with Crippen LogP contribution in [0.4, 0.5) is 0 Å². The first-order valence-corrected chi connectivity index (χ1v) is 9.59. The molecule has 0 amide bonds. The van der Waals surface area contributed by atoms with Gasteiger partial charge in [-0.1, -0.05) is 48.5 Å². The zero-order valence-electron chi connectivity index (χ0n) is 17.0. The van der Waals surface area contributed by atoms with Crippen molar-refractivity contribution in [1.82, 2.24) is 15.0 Å². The average molecular weight is 413 g/mol. The lowest BCUT2D eigenvalue weighted by Gasteiger charge is -2.16. The standard InChI is InChI=1S/C24H19N3O4/c1-15-12-26-19(13-25-15)23(28)31-14-20-22(24(29)30-2)21(16-8-4-3-5-9-16)17-10-6-7-11-18(17)27-20/h3-13H,14H2,1-2H3. The number of carbonyl (C=O) groups is 2. The smallest absolute Gasteiger partial charge is 0.358 e. The van der Waals surface area contributed by atoms with Crippen molar-refractivity contribution >= 4 is 22.8 Å². The largest absolute Gasteiger partial charge is 0.465 e. The number of methoxy groups -OCH3 is 1. The highest BCUT2D eigenvalue weighted by molar-refractivity contribution is 6.07. The van der Waals surface area contributed by atoms with Crippen LogP contribution in [0, 0.1) is 6.92 Å². The second-order valence-corrected chi connectivity index (χ2v) is 6.80. The zero-order chi connectivity index (χ0) is 21.8. The van der Waals surface area contributed by atoms with Crippen molar-refractivity contribution in [2.45, 2.75) is 13.5 Å². The third-order valence-corrected chi connectivity index (χ3v) is 4.75. The van der Waals surface area contributed by atoms with Crippen LogP contribution in [0.5, 0.6) is 0 Å². The second kappa shape index (κ2) is 8.71. The number of aromatic nitrogens is 3. The maximum Gasteiger partial charge on any atom is 0.358 e. The minimum absolute atomic E-state index is 0.0780. The van der Waals surface area contributed by atoms with E-state index in [1.165, 1.54) is 19.5 Å². The molecule has 4 rings (SSSR count). The molecule has 0 saturated heterocycles. The normalized spacial score (nSPS) is 10.6. The molecular weight excluding hydrogens is 394 g/mol. The predicted octanol–water partition coefficient (Wildman–Crippen LogP) is 4.14. The van der Waals surface area contributed by atoms with Gasteiger partial charge in [-0.15, -0.1) is 0 Å². The number of nitrogens with zero attached hydrogens (tertiary/aromatic N) is 3. The van der Waals surface area contributed by atoms with Crippen LogP contribution in [0.1, 0.15) is 32.2 Å². The lowest BCUT2D eigenvalue weighted by molar-refractivity contribution is 0.0449. The van der Waals surface area contributed by atoms with Crippen LogP contribution < -0.4 is 0 Å². The van der Waals surface area contributed by atoms with E-state index in [-0.39, 0.29) is 17.9 Å². The highest BCUT2D eigenvalue weighted by Crippen LogP contribution is 2.34. The van der Waals surface area contributed by atoms with E-state index in [2.05, 4.69) is 15.0 Å². The van der Waals surface area contributed by atoms with Gasteiger partial charge in [0.25, 0.3) is 0 Å². The van der Waals surface area contributed by atoms with Gasteiger partial charge in [0.1, 0.15) is 6.61 Å². The number of hydrogen-bond donors (Lipinski definition) is 0. The van der Waals surface area contributed by atoms with Crippen molar-refractivity contribution in [2.75, 3.05) is 7.11 Å². The van der Waals surface area contributed by atoms with Crippen LogP contribution in [0.25, 0.3) is 22.0 Å². The van der Waals surface area contributed by atoms with Gasteiger partial charge in [0.05, 0.1) is 35.8 Å². The molecule has 2 aromatic carbocycles. The van der Waals surface area contributed by atoms with E-state index in [0.717, 1.165) is 10.9 Å². The Balaban J connectivity index is 1.81. The van der Waals surface area contributed by atoms with Crippen molar-refractivity contribution < 1.29 is 19.1 Å². The molecule has 0 N–H and O–H groups in total. The Kier molecular flexibility index (Phi) is 5.66. The number of benzene rings is 2. The average Bonchev–Trinajstić information content (AvgIpc) is 2.82. The van der Waals surface area contributed by atoms with Crippen LogP contribution in [-0.2, 0) is 16.1 Å². The minimum atomic E-state index is -0.653. The lowest BCUT2D eigenvalue weighted by atomic mass is 9.94. The highest BCUT2D eigenvalue weighted by Gasteiger charge is 2.24. The Hall–Kier alpha value is -4.13. The van der Waals surface area contributed by atoms with Gasteiger partial charge in [-0.2, -0.15) is 0 Å². The number of rotatable bonds is 5. The second-order valence-electron chi connectivity index (χ2n) is 6.80. The summed E-state index contributed by atoms with van der Waals surface area (Å²) in [6, 6.07) is 17.0. The van der Waals surface area contributed by atoms with Crippen molar-refractivity contribution in [3.63, 3.8) is 0 Å². The molecule has 2 aromatic heterocycles. The molecule has 0 aliphatic heterocycles. The van der Waals surface area contributed by atoms with E-state index >= 15 is 0 Å². The summed E-state index contributed by atoms with van der Waals surface area (Å²) in [4.78, 5) is 37.9. The maximum atomic E-state index is 12.8. The summed E-state index contributed by atoms with van der Waals surface area (Å²) in [6.45, 7) is 1.55. The topological polar surface area (TPSA) is 91.3 Å². The third-order valence-electron chi connectivity index (χ3n) is 4.75. The Labute approximate surface area is 178 Å². The van der Waals surface area contributed by atoms with Crippen LogP contribution in [-0.4, -0.2) is 34.0 Å². The Bertz CT molecular complexity index is 1260. The monoisotopic (exact) mass is 413 g/mol. The summed E-state index contributed by atoms with van der Waals surface area (Å²) in [7, 11) is 1.31. The van der Waals surface area contributed by atoms with Gasteiger partial charge in [-0.3, -0.25) is 4.98 Å². The van der Waals surface area contributed by atoms with Crippen LogP contribution in [0.2, 0.25) is 0 Å². The summed E-state index contributed by atoms with van der Waals surface area (Å²) < 4.78 is 10.5. The molecule has 2 heterocycles. The fraction of sp³-hybridized carbons (Fsp3) is 0.125. The number of aryl methyl sites for hydroxylation is 1. The number of ether oxygens (including phenoxy) is 2. The summed E-state index contributed by atoms with van der Waals surface area (Å²) in [5, 5.41) is 0.800. The molecule has 0 fully saturated rings. The van der Waals surface area contributed by atoms with E-state index in [0.29, 0.717) is 22.5 Å². The molecule has 0 atom stereocenters. The Morgan fingerprint density at radius 3 is 2.35 bits per heavy atom. The first kappa shape index (κ1) is 20.2. The van der Waals surface area contributed by atoms with Crippen LogP contribution in [0.3, 0.4) is 0 Å². The van der Waals surface area contributed by atoms with Gasteiger partial charge >= 0.3 is 11.9 Å². The molecule has 31 heavy (non-hydrogen) atoms. The van der Waals surface area contributed by atoms with Gasteiger partial charge in [0, 0.05) is 17.1 Å². The molecule has 0 aliphatic carbocycles. The molecule has 0 spiro atoms. The fourth-order valence-electron chi connectivity index (χ4n) is 3.30. The summed E-state index contributed by atoms with van der Waals surface area (Å²) >= 11 is 0. The molecule has 0 aliphatic rings. The Morgan fingerprint density at radius 2 is 1.65 bits per heavy atom. The molecule has 7 nitrogen and oxygen atoms in total. The number of fused-ring (bicyclic) bond motifs is 1. The lowest BCUT2D eigenvalue weighted by Crippen LogP contribution is -2.14. The molecule has 154 valence electrons. The van der Waals surface area contributed by atoms with E-state index in [1.807, 2.05) is 54.6 Å². The molecule has 0 saturated carbocycles. The SMILES string of the molecule is COC(=O)c1c(COC(=O)c2cnc(C)cn2)nc2ccccc2c1-c1ccccc1.